The van der Waals surface area contributed by atoms with E-state index in [1.54, 1.807) is 0 Å². The number of hydrogen-bond donors (Lipinski definition) is 1. The summed E-state index contributed by atoms with van der Waals surface area (Å²) in [5.74, 6) is 0. The van der Waals surface area contributed by atoms with Crippen molar-refractivity contribution in [2.75, 3.05) is 32.8 Å². The minimum Gasteiger partial charge on any atom is -0.382 e. The van der Waals surface area contributed by atoms with E-state index in [4.69, 9.17) is 10.5 Å². The lowest BCUT2D eigenvalue weighted by Crippen LogP contribution is -2.50. The van der Waals surface area contributed by atoms with Gasteiger partial charge < -0.3 is 10.5 Å². The molecule has 0 heterocycles. The zero-order chi connectivity index (χ0) is 11.7. The molecular weight excluding hydrogens is 188 g/mol. The molecule has 0 rings (SSSR count). The highest BCUT2D eigenvalue weighted by atomic mass is 16.5. The molecule has 0 atom stereocenters. The number of nitrogens with two attached hydrogens (primary N) is 1. The fraction of sp³-hybridized carbons (Fsp3) is 1.00. The third kappa shape index (κ3) is 6.13. The van der Waals surface area contributed by atoms with E-state index in [9.17, 15) is 0 Å². The van der Waals surface area contributed by atoms with E-state index < -0.39 is 0 Å². The molecule has 0 fully saturated rings. The first-order valence-corrected chi connectivity index (χ1v) is 6.11. The molecule has 0 amide bonds. The van der Waals surface area contributed by atoms with Gasteiger partial charge in [-0.1, -0.05) is 6.92 Å². The molecule has 3 nitrogen and oxygen atoms in total. The predicted octanol–water partition coefficient (Wildman–Crippen LogP) is 1.86. The summed E-state index contributed by atoms with van der Waals surface area (Å²) < 4.78 is 5.35. The summed E-state index contributed by atoms with van der Waals surface area (Å²) in [5.41, 5.74) is 5.91. The SMILES string of the molecule is CCCN(CCCOCC)C(C)(C)CN. The maximum Gasteiger partial charge on any atom is 0.0478 e. The molecule has 0 aliphatic rings. The van der Waals surface area contributed by atoms with E-state index in [0.29, 0.717) is 6.54 Å². The summed E-state index contributed by atoms with van der Waals surface area (Å²) in [7, 11) is 0. The molecule has 0 bridgehead atoms. The van der Waals surface area contributed by atoms with Crippen molar-refractivity contribution in [1.82, 2.24) is 4.90 Å². The van der Waals surface area contributed by atoms with Crippen LogP contribution < -0.4 is 5.73 Å². The molecular formula is C12H28N2O. The second-order valence-corrected chi connectivity index (χ2v) is 4.55. The molecule has 0 saturated heterocycles. The van der Waals surface area contributed by atoms with Gasteiger partial charge in [0.2, 0.25) is 0 Å². The molecule has 2 N–H and O–H groups in total. The average Bonchev–Trinajstić information content (AvgIpc) is 2.22. The molecule has 0 aromatic carbocycles. The summed E-state index contributed by atoms with van der Waals surface area (Å²) in [6.07, 6.45) is 2.27. The van der Waals surface area contributed by atoms with Crippen LogP contribution >= 0.6 is 0 Å². The van der Waals surface area contributed by atoms with Crippen LogP contribution in [0.1, 0.15) is 40.5 Å². The molecule has 15 heavy (non-hydrogen) atoms. The van der Waals surface area contributed by atoms with E-state index in [0.717, 1.165) is 32.7 Å². The Kier molecular flexibility index (Phi) is 8.02. The van der Waals surface area contributed by atoms with Crippen LogP contribution in [0.5, 0.6) is 0 Å². The van der Waals surface area contributed by atoms with Crippen molar-refractivity contribution in [2.24, 2.45) is 5.73 Å². The lowest BCUT2D eigenvalue weighted by Gasteiger charge is -2.37. The number of hydrogen-bond acceptors (Lipinski definition) is 3. The van der Waals surface area contributed by atoms with Crippen molar-refractivity contribution >= 4 is 0 Å². The van der Waals surface area contributed by atoms with Crippen molar-refractivity contribution in [3.05, 3.63) is 0 Å². The fourth-order valence-electron chi connectivity index (χ4n) is 1.62. The molecule has 0 unspecified atom stereocenters. The van der Waals surface area contributed by atoms with Gasteiger partial charge in [-0.15, -0.1) is 0 Å². The Morgan fingerprint density at radius 2 is 1.87 bits per heavy atom. The first kappa shape index (κ1) is 14.9. The Bertz CT molecular complexity index is 149. The van der Waals surface area contributed by atoms with E-state index in [2.05, 4.69) is 25.7 Å². The number of nitrogens with zero attached hydrogens (tertiary/aromatic N) is 1. The van der Waals surface area contributed by atoms with Crippen molar-refractivity contribution in [3.63, 3.8) is 0 Å². The molecule has 0 saturated carbocycles. The molecule has 92 valence electrons. The van der Waals surface area contributed by atoms with Gasteiger partial charge in [-0.25, -0.2) is 0 Å². The van der Waals surface area contributed by atoms with Crippen LogP contribution in [0.2, 0.25) is 0 Å². The van der Waals surface area contributed by atoms with Gasteiger partial charge >= 0.3 is 0 Å². The van der Waals surface area contributed by atoms with Crippen LogP contribution in [0.4, 0.5) is 0 Å². The Morgan fingerprint density at radius 1 is 1.20 bits per heavy atom. The van der Waals surface area contributed by atoms with Crippen LogP contribution in [0, 0.1) is 0 Å². The van der Waals surface area contributed by atoms with Gasteiger partial charge in [0.1, 0.15) is 0 Å². The standard InChI is InChI=1S/C12H28N2O/c1-5-8-14(12(3,4)11-13)9-7-10-15-6-2/h5-11,13H2,1-4H3. The summed E-state index contributed by atoms with van der Waals surface area (Å²) in [4.78, 5) is 2.46. The summed E-state index contributed by atoms with van der Waals surface area (Å²) in [6, 6.07) is 0. The van der Waals surface area contributed by atoms with E-state index in [1.807, 2.05) is 6.92 Å². The smallest absolute Gasteiger partial charge is 0.0478 e. The van der Waals surface area contributed by atoms with Crippen LogP contribution in [0.15, 0.2) is 0 Å². The van der Waals surface area contributed by atoms with Gasteiger partial charge in [-0.2, -0.15) is 0 Å². The maximum atomic E-state index is 5.79. The van der Waals surface area contributed by atoms with Gasteiger partial charge in [0, 0.05) is 31.8 Å². The third-order valence-corrected chi connectivity index (χ3v) is 2.77. The van der Waals surface area contributed by atoms with E-state index >= 15 is 0 Å². The molecule has 0 aliphatic carbocycles. The average molecular weight is 216 g/mol. The minimum atomic E-state index is 0.113. The maximum absolute atomic E-state index is 5.79. The highest BCUT2D eigenvalue weighted by molar-refractivity contribution is 4.82. The van der Waals surface area contributed by atoms with Crippen molar-refractivity contribution in [3.8, 4) is 0 Å². The van der Waals surface area contributed by atoms with Crippen LogP contribution in [-0.2, 0) is 4.74 Å². The first-order valence-electron chi connectivity index (χ1n) is 6.11. The summed E-state index contributed by atoms with van der Waals surface area (Å²) in [6.45, 7) is 13.3. The second kappa shape index (κ2) is 8.08. The molecule has 0 aromatic rings. The predicted molar refractivity (Wildman–Crippen MR) is 66.1 cm³/mol. The van der Waals surface area contributed by atoms with Crippen LogP contribution in [-0.4, -0.2) is 43.3 Å². The highest BCUT2D eigenvalue weighted by Gasteiger charge is 2.23. The van der Waals surface area contributed by atoms with E-state index in [1.165, 1.54) is 6.42 Å². The quantitative estimate of drug-likeness (QED) is 0.598. The largest absolute Gasteiger partial charge is 0.382 e. The van der Waals surface area contributed by atoms with Gasteiger partial charge in [0.25, 0.3) is 0 Å². The van der Waals surface area contributed by atoms with Gasteiger partial charge in [-0.3, -0.25) is 4.90 Å². The minimum absolute atomic E-state index is 0.113. The van der Waals surface area contributed by atoms with Crippen molar-refractivity contribution < 1.29 is 4.74 Å². The molecule has 0 aromatic heterocycles. The van der Waals surface area contributed by atoms with Gasteiger partial charge in [0.05, 0.1) is 0 Å². The molecule has 0 radical (unpaired) electrons. The second-order valence-electron chi connectivity index (χ2n) is 4.55. The molecule has 0 aliphatic heterocycles. The zero-order valence-electron chi connectivity index (χ0n) is 10.9. The topological polar surface area (TPSA) is 38.5 Å². The third-order valence-electron chi connectivity index (χ3n) is 2.77. The fourth-order valence-corrected chi connectivity index (χ4v) is 1.62. The molecule has 0 spiro atoms. The van der Waals surface area contributed by atoms with Crippen molar-refractivity contribution in [1.29, 1.82) is 0 Å². The normalized spacial score (nSPS) is 12.4. The zero-order valence-corrected chi connectivity index (χ0v) is 10.9. The Labute approximate surface area is 95.0 Å². The van der Waals surface area contributed by atoms with Crippen LogP contribution in [0.3, 0.4) is 0 Å². The lowest BCUT2D eigenvalue weighted by molar-refractivity contribution is 0.0936. The van der Waals surface area contributed by atoms with Crippen molar-refractivity contribution in [2.45, 2.75) is 46.1 Å². The molecule has 3 heteroatoms. The Hall–Kier alpha value is -0.120. The Balaban J connectivity index is 3.93. The Morgan fingerprint density at radius 3 is 2.33 bits per heavy atom. The van der Waals surface area contributed by atoms with E-state index in [-0.39, 0.29) is 5.54 Å². The lowest BCUT2D eigenvalue weighted by atomic mass is 10.0. The number of ether oxygens (including phenoxy) is 1. The number of rotatable bonds is 9. The summed E-state index contributed by atoms with van der Waals surface area (Å²) in [5, 5.41) is 0. The highest BCUT2D eigenvalue weighted by Crippen LogP contribution is 2.13. The van der Waals surface area contributed by atoms with Gasteiger partial charge in [-0.05, 0) is 40.2 Å². The van der Waals surface area contributed by atoms with Gasteiger partial charge in [0.15, 0.2) is 0 Å². The monoisotopic (exact) mass is 216 g/mol. The first-order chi connectivity index (χ1) is 7.08. The summed E-state index contributed by atoms with van der Waals surface area (Å²) >= 11 is 0. The van der Waals surface area contributed by atoms with Crippen LogP contribution in [0.25, 0.3) is 0 Å².